The minimum atomic E-state index is -1.09. The first kappa shape index (κ1) is 9.71. The van der Waals surface area contributed by atoms with Crippen LogP contribution in [0.1, 0.15) is 10.4 Å². The fourth-order valence-electron chi connectivity index (χ4n) is 1.06. The number of hydrogen-bond donors (Lipinski definition) is 1. The molecule has 0 aromatic carbocycles. The second kappa shape index (κ2) is 3.38. The number of aromatic nitrogens is 1. The number of fused-ring (bicyclic) bond motifs is 1. The third-order valence-corrected chi connectivity index (χ3v) is 3.62. The smallest absolute Gasteiger partial charge is 0.338 e. The Kier molecular flexibility index (Phi) is 2.34. The minimum absolute atomic E-state index is 0.00215. The summed E-state index contributed by atoms with van der Waals surface area (Å²) in [5.41, 5.74) is 0.546. The van der Waals surface area contributed by atoms with Gasteiger partial charge in [-0.3, -0.25) is 4.98 Å². The van der Waals surface area contributed by atoms with Crippen LogP contribution >= 0.6 is 34.5 Å². The summed E-state index contributed by atoms with van der Waals surface area (Å²) in [7, 11) is 0. The molecule has 0 bridgehead atoms. The summed E-state index contributed by atoms with van der Waals surface area (Å²) < 4.78 is 0.608. The van der Waals surface area contributed by atoms with Crippen molar-refractivity contribution < 1.29 is 9.90 Å². The number of pyridine rings is 1. The molecule has 14 heavy (non-hydrogen) atoms. The average Bonchev–Trinajstić information content (AvgIpc) is 2.49. The molecule has 0 aliphatic heterocycles. The van der Waals surface area contributed by atoms with Crippen LogP contribution in [0.2, 0.25) is 10.0 Å². The van der Waals surface area contributed by atoms with E-state index in [1.807, 2.05) is 0 Å². The van der Waals surface area contributed by atoms with Crippen molar-refractivity contribution in [2.45, 2.75) is 0 Å². The number of thiophene rings is 1. The van der Waals surface area contributed by atoms with Gasteiger partial charge in [0.25, 0.3) is 0 Å². The van der Waals surface area contributed by atoms with E-state index in [1.165, 1.54) is 17.5 Å². The van der Waals surface area contributed by atoms with Crippen molar-refractivity contribution in [3.8, 4) is 0 Å². The number of halogens is 2. The van der Waals surface area contributed by atoms with E-state index in [2.05, 4.69) is 4.98 Å². The molecule has 0 amide bonds. The van der Waals surface area contributed by atoms with Gasteiger partial charge in [0, 0.05) is 11.6 Å². The molecule has 0 saturated carbocycles. The summed E-state index contributed by atoms with van der Waals surface area (Å²) in [5, 5.41) is 11.1. The molecule has 0 fully saturated rings. The van der Waals surface area contributed by atoms with Crippen molar-refractivity contribution in [2.75, 3.05) is 0 Å². The van der Waals surface area contributed by atoms with Gasteiger partial charge in [-0.2, -0.15) is 0 Å². The van der Waals surface area contributed by atoms with Crippen LogP contribution in [0.5, 0.6) is 0 Å². The fraction of sp³-hybridized carbons (Fsp3) is 0. The molecule has 2 rings (SSSR count). The zero-order chi connectivity index (χ0) is 10.3. The molecule has 0 saturated heterocycles. The van der Waals surface area contributed by atoms with Crippen molar-refractivity contribution in [3.05, 3.63) is 27.2 Å². The maximum atomic E-state index is 10.7. The van der Waals surface area contributed by atoms with Crippen LogP contribution in [0, 0.1) is 0 Å². The number of hydrogen-bond acceptors (Lipinski definition) is 3. The first-order valence-corrected chi connectivity index (χ1v) is 5.19. The monoisotopic (exact) mass is 247 g/mol. The number of carboxylic acid groups (broad SMARTS) is 1. The Bertz CT molecular complexity index is 523. The second-order valence-corrected chi connectivity index (χ2v) is 4.22. The SMILES string of the molecule is O=C(O)c1cnc2c(Cl)csc2c1Cl. The van der Waals surface area contributed by atoms with Crippen LogP contribution in [0.15, 0.2) is 11.6 Å². The molecule has 2 aromatic rings. The third-order valence-electron chi connectivity index (χ3n) is 1.71. The van der Waals surface area contributed by atoms with E-state index < -0.39 is 5.97 Å². The largest absolute Gasteiger partial charge is 0.478 e. The highest BCUT2D eigenvalue weighted by Crippen LogP contribution is 2.35. The first-order chi connectivity index (χ1) is 6.61. The summed E-state index contributed by atoms with van der Waals surface area (Å²) >= 11 is 13.0. The van der Waals surface area contributed by atoms with Gasteiger partial charge >= 0.3 is 5.97 Å². The number of nitrogens with zero attached hydrogens (tertiary/aromatic N) is 1. The van der Waals surface area contributed by atoms with Gasteiger partial charge in [-0.05, 0) is 0 Å². The summed E-state index contributed by atoms with van der Waals surface area (Å²) in [4.78, 5) is 14.7. The van der Waals surface area contributed by atoms with Crippen LogP contribution in [0.3, 0.4) is 0 Å². The molecule has 72 valence electrons. The van der Waals surface area contributed by atoms with E-state index in [0.29, 0.717) is 15.2 Å². The lowest BCUT2D eigenvalue weighted by Gasteiger charge is -1.98. The van der Waals surface area contributed by atoms with E-state index in [-0.39, 0.29) is 10.6 Å². The van der Waals surface area contributed by atoms with Gasteiger partial charge in [0.1, 0.15) is 5.52 Å². The molecular weight excluding hydrogens is 245 g/mol. The first-order valence-electron chi connectivity index (χ1n) is 3.55. The Morgan fingerprint density at radius 3 is 2.86 bits per heavy atom. The van der Waals surface area contributed by atoms with Crippen LogP contribution in [-0.2, 0) is 0 Å². The molecular formula is C8H3Cl2NO2S. The molecule has 2 aromatic heterocycles. The predicted molar refractivity (Wildman–Crippen MR) is 56.6 cm³/mol. The normalized spacial score (nSPS) is 10.7. The summed E-state index contributed by atoms with van der Waals surface area (Å²) in [6.45, 7) is 0. The van der Waals surface area contributed by atoms with Crippen LogP contribution in [0.4, 0.5) is 0 Å². The molecule has 0 spiro atoms. The maximum Gasteiger partial charge on any atom is 0.338 e. The Hall–Kier alpha value is -0.840. The van der Waals surface area contributed by atoms with Crippen molar-refractivity contribution in [3.63, 3.8) is 0 Å². The third kappa shape index (κ3) is 1.35. The molecule has 6 heteroatoms. The summed E-state index contributed by atoms with van der Waals surface area (Å²) in [5.74, 6) is -1.09. The Balaban J connectivity index is 2.82. The molecule has 0 aliphatic carbocycles. The van der Waals surface area contributed by atoms with Gasteiger partial charge < -0.3 is 5.11 Å². The molecule has 0 aliphatic rings. The highest BCUT2D eigenvalue weighted by atomic mass is 35.5. The zero-order valence-corrected chi connectivity index (χ0v) is 8.95. The van der Waals surface area contributed by atoms with Crippen LogP contribution in [0.25, 0.3) is 10.2 Å². The van der Waals surface area contributed by atoms with Crippen molar-refractivity contribution in [1.29, 1.82) is 0 Å². The minimum Gasteiger partial charge on any atom is -0.478 e. The van der Waals surface area contributed by atoms with E-state index in [0.717, 1.165) is 0 Å². The zero-order valence-electron chi connectivity index (χ0n) is 6.62. The van der Waals surface area contributed by atoms with E-state index in [4.69, 9.17) is 28.3 Å². The maximum absolute atomic E-state index is 10.7. The van der Waals surface area contributed by atoms with Gasteiger partial charge in [-0.25, -0.2) is 4.79 Å². The molecule has 0 atom stereocenters. The lowest BCUT2D eigenvalue weighted by atomic mass is 10.2. The van der Waals surface area contributed by atoms with Crippen molar-refractivity contribution in [2.24, 2.45) is 0 Å². The molecule has 1 N–H and O–H groups in total. The highest BCUT2D eigenvalue weighted by Gasteiger charge is 2.15. The van der Waals surface area contributed by atoms with Crippen LogP contribution in [-0.4, -0.2) is 16.1 Å². The van der Waals surface area contributed by atoms with Gasteiger partial charge in [0.05, 0.1) is 20.3 Å². The average molecular weight is 248 g/mol. The highest BCUT2D eigenvalue weighted by molar-refractivity contribution is 7.18. The molecule has 0 radical (unpaired) electrons. The molecule has 0 unspecified atom stereocenters. The Morgan fingerprint density at radius 1 is 1.50 bits per heavy atom. The van der Waals surface area contributed by atoms with E-state index >= 15 is 0 Å². The molecule has 2 heterocycles. The van der Waals surface area contributed by atoms with Gasteiger partial charge in [-0.15, -0.1) is 11.3 Å². The second-order valence-electron chi connectivity index (χ2n) is 2.55. The standard InChI is InChI=1S/C8H3Cl2NO2S/c9-4-2-14-7-5(10)3(8(12)13)1-11-6(4)7/h1-2H,(H,12,13). The topological polar surface area (TPSA) is 50.2 Å². The Morgan fingerprint density at radius 2 is 2.21 bits per heavy atom. The summed E-state index contributed by atoms with van der Waals surface area (Å²) in [6, 6.07) is 0. The number of carbonyl (C=O) groups is 1. The number of rotatable bonds is 1. The number of carboxylic acids is 1. The summed E-state index contributed by atoms with van der Waals surface area (Å²) in [6.07, 6.45) is 1.21. The van der Waals surface area contributed by atoms with Gasteiger partial charge in [0.15, 0.2) is 0 Å². The lowest BCUT2D eigenvalue weighted by Crippen LogP contribution is -1.98. The lowest BCUT2D eigenvalue weighted by molar-refractivity contribution is 0.0697. The van der Waals surface area contributed by atoms with Crippen molar-refractivity contribution >= 4 is 50.7 Å². The predicted octanol–water partition coefficient (Wildman–Crippen LogP) is 3.30. The van der Waals surface area contributed by atoms with E-state index in [9.17, 15) is 4.79 Å². The van der Waals surface area contributed by atoms with Gasteiger partial charge in [-0.1, -0.05) is 23.2 Å². The van der Waals surface area contributed by atoms with Crippen molar-refractivity contribution in [1.82, 2.24) is 4.98 Å². The number of aromatic carboxylic acids is 1. The fourth-order valence-corrected chi connectivity index (χ4v) is 2.57. The van der Waals surface area contributed by atoms with Crippen LogP contribution < -0.4 is 0 Å². The molecule has 3 nitrogen and oxygen atoms in total. The van der Waals surface area contributed by atoms with Gasteiger partial charge in [0.2, 0.25) is 0 Å². The van der Waals surface area contributed by atoms with E-state index in [1.54, 1.807) is 5.38 Å². The Labute approximate surface area is 92.9 Å². The quantitative estimate of drug-likeness (QED) is 0.842.